The van der Waals surface area contributed by atoms with Crippen LogP contribution in [0.5, 0.6) is 11.5 Å². The second-order valence-corrected chi connectivity index (χ2v) is 7.98. The fraction of sp³-hybridized carbons (Fsp3) is 0.115. The number of ether oxygens (including phenoxy) is 3. The minimum Gasteiger partial charge on any atom is -0.490 e. The molecule has 0 fully saturated rings. The van der Waals surface area contributed by atoms with Crippen molar-refractivity contribution in [1.82, 2.24) is 0 Å². The third-order valence-corrected chi connectivity index (χ3v) is 5.26. The van der Waals surface area contributed by atoms with Gasteiger partial charge in [0.1, 0.15) is 18.2 Å². The van der Waals surface area contributed by atoms with E-state index in [4.69, 9.17) is 14.2 Å². The Morgan fingerprint density at radius 3 is 2.56 bits per heavy atom. The molecule has 0 saturated carbocycles. The zero-order valence-corrected chi connectivity index (χ0v) is 18.9. The average molecular weight is 495 g/mol. The minimum atomic E-state index is -0.410. The summed E-state index contributed by atoms with van der Waals surface area (Å²) in [6.07, 6.45) is 3.47. The molecule has 6 heteroatoms. The summed E-state index contributed by atoms with van der Waals surface area (Å²) in [4.78, 5) is 12.4. The number of hydrogen-bond acceptors (Lipinski definition) is 4. The third kappa shape index (κ3) is 5.26. The van der Waals surface area contributed by atoms with Gasteiger partial charge in [-0.2, -0.15) is 0 Å². The van der Waals surface area contributed by atoms with Gasteiger partial charge in [-0.1, -0.05) is 46.3 Å². The minimum absolute atomic E-state index is 0.212. The number of cyclic esters (lactones) is 1. The van der Waals surface area contributed by atoms with Crippen LogP contribution in [0.15, 0.2) is 82.9 Å². The summed E-state index contributed by atoms with van der Waals surface area (Å²) in [7, 11) is 0. The van der Waals surface area contributed by atoms with E-state index in [0.717, 1.165) is 21.2 Å². The molecule has 0 spiro atoms. The van der Waals surface area contributed by atoms with Crippen LogP contribution in [0.4, 0.5) is 4.39 Å². The Morgan fingerprint density at radius 2 is 1.81 bits per heavy atom. The smallest absolute Gasteiger partial charge is 0.343 e. The molecule has 3 aromatic rings. The van der Waals surface area contributed by atoms with Crippen molar-refractivity contribution in [2.45, 2.75) is 13.5 Å². The van der Waals surface area contributed by atoms with Gasteiger partial charge in [0.2, 0.25) is 0 Å². The summed E-state index contributed by atoms with van der Waals surface area (Å²) in [5, 5.41) is 0. The highest BCUT2D eigenvalue weighted by Crippen LogP contribution is 2.32. The van der Waals surface area contributed by atoms with E-state index in [1.807, 2.05) is 37.3 Å². The van der Waals surface area contributed by atoms with Gasteiger partial charge in [0, 0.05) is 10.0 Å². The lowest BCUT2D eigenvalue weighted by atomic mass is 10.1. The van der Waals surface area contributed by atoms with Crippen molar-refractivity contribution in [3.63, 3.8) is 0 Å². The highest BCUT2D eigenvalue weighted by atomic mass is 79.9. The van der Waals surface area contributed by atoms with Crippen molar-refractivity contribution in [3.8, 4) is 11.5 Å². The predicted molar refractivity (Wildman–Crippen MR) is 125 cm³/mol. The van der Waals surface area contributed by atoms with E-state index in [1.165, 1.54) is 12.1 Å². The summed E-state index contributed by atoms with van der Waals surface area (Å²) in [6, 6.07) is 19.2. The highest BCUT2D eigenvalue weighted by Gasteiger charge is 2.22. The second-order valence-electron chi connectivity index (χ2n) is 7.06. The Bertz CT molecular complexity index is 1200. The molecule has 4 rings (SSSR count). The van der Waals surface area contributed by atoms with Gasteiger partial charge >= 0.3 is 5.97 Å². The summed E-state index contributed by atoms with van der Waals surface area (Å²) < 4.78 is 31.3. The Hall–Kier alpha value is -3.38. The largest absolute Gasteiger partial charge is 0.490 e. The Morgan fingerprint density at radius 1 is 1.00 bits per heavy atom. The molecule has 0 saturated heterocycles. The maximum Gasteiger partial charge on any atom is 0.343 e. The Kier molecular flexibility index (Phi) is 6.71. The van der Waals surface area contributed by atoms with Crippen LogP contribution in [-0.4, -0.2) is 12.6 Å². The summed E-state index contributed by atoms with van der Waals surface area (Å²) >= 11 is 3.40. The second kappa shape index (κ2) is 9.83. The lowest BCUT2D eigenvalue weighted by molar-refractivity contribution is -0.130. The summed E-state index contributed by atoms with van der Waals surface area (Å²) in [6.45, 7) is 2.54. The van der Waals surface area contributed by atoms with Crippen molar-refractivity contribution in [3.05, 3.63) is 105 Å². The molecule has 162 valence electrons. The average Bonchev–Trinajstić information content (AvgIpc) is 3.14. The van der Waals surface area contributed by atoms with Gasteiger partial charge in [0.05, 0.1) is 12.2 Å². The molecule has 0 bridgehead atoms. The molecule has 1 heterocycles. The standard InChI is InChI=1S/C26H20BrFO4/c1-2-30-25-14-17(6-11-23(25)31-16-18-4-3-5-22(28)13-18)12-20-15-24(32-26(20)29)19-7-9-21(27)10-8-19/h3-15H,2,16H2,1H3/b20-12+. The van der Waals surface area contributed by atoms with Crippen molar-refractivity contribution in [2.24, 2.45) is 0 Å². The quantitative estimate of drug-likeness (QED) is 0.276. The number of halogens is 2. The number of esters is 1. The van der Waals surface area contributed by atoms with E-state index in [9.17, 15) is 9.18 Å². The first kappa shape index (κ1) is 21.8. The van der Waals surface area contributed by atoms with Crippen LogP contribution in [0.25, 0.3) is 11.8 Å². The van der Waals surface area contributed by atoms with E-state index in [-0.39, 0.29) is 12.4 Å². The molecule has 0 aromatic heterocycles. The van der Waals surface area contributed by atoms with E-state index in [2.05, 4.69) is 15.9 Å². The molecule has 32 heavy (non-hydrogen) atoms. The number of benzene rings is 3. The summed E-state index contributed by atoms with van der Waals surface area (Å²) in [5.41, 5.74) is 2.75. The molecule has 0 radical (unpaired) electrons. The summed E-state index contributed by atoms with van der Waals surface area (Å²) in [5.74, 6) is 0.873. The van der Waals surface area contributed by atoms with Crippen LogP contribution in [0, 0.1) is 5.82 Å². The van der Waals surface area contributed by atoms with E-state index in [1.54, 1.807) is 36.4 Å². The first-order valence-corrected chi connectivity index (χ1v) is 10.9. The zero-order valence-electron chi connectivity index (χ0n) is 17.3. The van der Waals surface area contributed by atoms with Crippen LogP contribution >= 0.6 is 15.9 Å². The number of rotatable bonds is 7. The monoisotopic (exact) mass is 494 g/mol. The maximum absolute atomic E-state index is 13.4. The number of carbonyl (C=O) groups is 1. The van der Waals surface area contributed by atoms with Crippen LogP contribution in [0.3, 0.4) is 0 Å². The van der Waals surface area contributed by atoms with Crippen molar-refractivity contribution < 1.29 is 23.4 Å². The van der Waals surface area contributed by atoms with Crippen LogP contribution in [-0.2, 0) is 16.1 Å². The molecular weight excluding hydrogens is 475 g/mol. The fourth-order valence-electron chi connectivity index (χ4n) is 3.21. The molecular formula is C26H20BrFO4. The SMILES string of the molecule is CCOc1cc(/C=C2\C=C(c3ccc(Br)cc3)OC2=O)ccc1OCc1cccc(F)c1. The van der Waals surface area contributed by atoms with Gasteiger partial charge in [-0.3, -0.25) is 0 Å². The molecule has 0 unspecified atom stereocenters. The van der Waals surface area contributed by atoms with Crippen molar-refractivity contribution in [1.29, 1.82) is 0 Å². The fourth-order valence-corrected chi connectivity index (χ4v) is 3.48. The van der Waals surface area contributed by atoms with Gasteiger partial charge in [-0.25, -0.2) is 9.18 Å². The predicted octanol–water partition coefficient (Wildman–Crippen LogP) is 6.55. The normalized spacial score (nSPS) is 14.3. The van der Waals surface area contributed by atoms with Gasteiger partial charge in [-0.05, 0) is 66.6 Å². The van der Waals surface area contributed by atoms with Crippen molar-refractivity contribution in [2.75, 3.05) is 6.61 Å². The van der Waals surface area contributed by atoms with Gasteiger partial charge in [0.25, 0.3) is 0 Å². The molecule has 1 aliphatic heterocycles. The third-order valence-electron chi connectivity index (χ3n) is 4.73. The van der Waals surface area contributed by atoms with E-state index in [0.29, 0.717) is 29.4 Å². The molecule has 4 nitrogen and oxygen atoms in total. The topological polar surface area (TPSA) is 44.8 Å². The highest BCUT2D eigenvalue weighted by molar-refractivity contribution is 9.10. The van der Waals surface area contributed by atoms with E-state index >= 15 is 0 Å². The Balaban J connectivity index is 1.55. The first-order valence-electron chi connectivity index (χ1n) is 10.1. The molecule has 0 amide bonds. The van der Waals surface area contributed by atoms with Crippen molar-refractivity contribution >= 4 is 33.7 Å². The van der Waals surface area contributed by atoms with Gasteiger partial charge < -0.3 is 14.2 Å². The van der Waals surface area contributed by atoms with Crippen LogP contribution < -0.4 is 9.47 Å². The Labute approximate surface area is 194 Å². The number of hydrogen-bond donors (Lipinski definition) is 0. The molecule has 1 aliphatic rings. The lowest BCUT2D eigenvalue weighted by Gasteiger charge is -2.13. The molecule has 3 aromatic carbocycles. The molecule has 0 aliphatic carbocycles. The molecule has 0 N–H and O–H groups in total. The zero-order chi connectivity index (χ0) is 22.5. The van der Waals surface area contributed by atoms with Gasteiger partial charge in [-0.15, -0.1) is 0 Å². The number of carbonyl (C=O) groups excluding carboxylic acids is 1. The van der Waals surface area contributed by atoms with Gasteiger partial charge in [0.15, 0.2) is 11.5 Å². The van der Waals surface area contributed by atoms with Crippen LogP contribution in [0.2, 0.25) is 0 Å². The molecule has 0 atom stereocenters. The van der Waals surface area contributed by atoms with Crippen LogP contribution in [0.1, 0.15) is 23.6 Å². The van der Waals surface area contributed by atoms with E-state index < -0.39 is 5.97 Å². The maximum atomic E-state index is 13.4. The first-order chi connectivity index (χ1) is 15.5. The lowest BCUT2D eigenvalue weighted by Crippen LogP contribution is -2.00.